The van der Waals surface area contributed by atoms with Crippen LogP contribution in [0.5, 0.6) is 0 Å². The lowest BCUT2D eigenvalue weighted by molar-refractivity contribution is -0.153. The van der Waals surface area contributed by atoms with E-state index in [1.165, 1.54) is 4.90 Å². The van der Waals surface area contributed by atoms with Crippen LogP contribution in [-0.2, 0) is 10.5 Å². The van der Waals surface area contributed by atoms with Crippen LogP contribution in [0.25, 0.3) is 0 Å². The summed E-state index contributed by atoms with van der Waals surface area (Å²) < 4.78 is 5.61. The first-order valence-electron chi connectivity index (χ1n) is 9.80. The zero-order chi connectivity index (χ0) is 20.9. The Labute approximate surface area is 180 Å². The third-order valence-electron chi connectivity index (χ3n) is 5.98. The molecule has 0 radical (unpaired) electrons. The van der Waals surface area contributed by atoms with Crippen LogP contribution >= 0.6 is 11.6 Å². The monoisotopic (exact) mass is 420 g/mol. The lowest BCUT2D eigenvalue weighted by Gasteiger charge is -2.51. The van der Waals surface area contributed by atoms with E-state index in [2.05, 4.69) is 0 Å². The molecule has 0 saturated carbocycles. The summed E-state index contributed by atoms with van der Waals surface area (Å²) >= 11 is 6.08. The number of ether oxygens (including phenoxy) is 1. The molecule has 1 atom stereocenters. The van der Waals surface area contributed by atoms with Crippen LogP contribution < -0.4 is 9.80 Å². The normalized spacial score (nSPS) is 22.4. The van der Waals surface area contributed by atoms with Gasteiger partial charge < -0.3 is 9.84 Å². The lowest BCUT2D eigenvalue weighted by atomic mass is 9.78. The summed E-state index contributed by atoms with van der Waals surface area (Å²) in [4.78, 5) is 17.0. The molecular weight excluding hydrogens is 400 g/mol. The molecular formula is C24H21ClN2O3. The molecule has 30 heavy (non-hydrogen) atoms. The van der Waals surface area contributed by atoms with E-state index in [-0.39, 0.29) is 19.2 Å². The van der Waals surface area contributed by atoms with Crippen molar-refractivity contribution in [3.8, 4) is 0 Å². The molecule has 0 aliphatic carbocycles. The smallest absolute Gasteiger partial charge is 0.332 e. The quantitative estimate of drug-likeness (QED) is 0.667. The molecule has 2 amide bonds. The average Bonchev–Trinajstić information content (AvgIpc) is 2.94. The maximum Gasteiger partial charge on any atom is 0.332 e. The number of aryl methyl sites for hydroxylation is 1. The van der Waals surface area contributed by atoms with Gasteiger partial charge in [-0.1, -0.05) is 59.6 Å². The van der Waals surface area contributed by atoms with Gasteiger partial charge in [-0.05, 0) is 43.3 Å². The van der Waals surface area contributed by atoms with Crippen LogP contribution in [0.4, 0.5) is 16.2 Å². The molecule has 3 aromatic rings. The van der Waals surface area contributed by atoms with Crippen molar-refractivity contribution in [3.05, 3.63) is 95.0 Å². The molecule has 1 unspecified atom stereocenters. The van der Waals surface area contributed by atoms with Crippen molar-refractivity contribution in [2.75, 3.05) is 23.0 Å². The van der Waals surface area contributed by atoms with E-state index in [0.717, 1.165) is 5.56 Å². The second-order valence-electron chi connectivity index (χ2n) is 7.83. The predicted molar refractivity (Wildman–Crippen MR) is 117 cm³/mol. The van der Waals surface area contributed by atoms with E-state index < -0.39 is 11.3 Å². The molecule has 2 aliphatic rings. The second-order valence-corrected chi connectivity index (χ2v) is 8.27. The third kappa shape index (κ3) is 2.53. The zero-order valence-corrected chi connectivity index (χ0v) is 17.2. The summed E-state index contributed by atoms with van der Waals surface area (Å²) in [5.41, 5.74) is 0.351. The Hall–Kier alpha value is -2.86. The number of anilines is 2. The number of para-hydroxylation sites is 1. The summed E-state index contributed by atoms with van der Waals surface area (Å²) in [7, 11) is 0. The highest BCUT2D eigenvalue weighted by Crippen LogP contribution is 2.53. The number of halogens is 1. The van der Waals surface area contributed by atoms with Crippen molar-refractivity contribution < 1.29 is 14.6 Å². The van der Waals surface area contributed by atoms with Gasteiger partial charge in [0.25, 0.3) is 0 Å². The fourth-order valence-corrected chi connectivity index (χ4v) is 4.62. The van der Waals surface area contributed by atoms with Gasteiger partial charge in [0.15, 0.2) is 0 Å². The van der Waals surface area contributed by atoms with Gasteiger partial charge in [-0.2, -0.15) is 0 Å². The molecule has 0 bridgehead atoms. The number of benzene rings is 3. The highest BCUT2D eigenvalue weighted by molar-refractivity contribution is 6.30. The summed E-state index contributed by atoms with van der Waals surface area (Å²) in [6, 6.07) is 23.7. The standard InChI is InChI=1S/C24H21ClN2O3/c1-17-6-5-7-18(14-17)24(29)23(15-30-16-23)26(21-12-10-19(25)11-13-21)22(28)27(24)20-8-3-2-4-9-20/h2-14,29H,15-16H2,1H3. The van der Waals surface area contributed by atoms with Gasteiger partial charge in [0, 0.05) is 22.0 Å². The molecule has 152 valence electrons. The van der Waals surface area contributed by atoms with Crippen molar-refractivity contribution in [1.82, 2.24) is 0 Å². The fourth-order valence-electron chi connectivity index (χ4n) is 4.49. The van der Waals surface area contributed by atoms with Crippen molar-refractivity contribution in [1.29, 1.82) is 0 Å². The topological polar surface area (TPSA) is 53.0 Å². The second kappa shape index (κ2) is 6.84. The minimum atomic E-state index is -1.62. The molecule has 2 aliphatic heterocycles. The largest absolute Gasteiger partial charge is 0.376 e. The van der Waals surface area contributed by atoms with Crippen LogP contribution in [0.15, 0.2) is 78.9 Å². The minimum Gasteiger partial charge on any atom is -0.376 e. The molecule has 1 N–H and O–H groups in total. The van der Waals surface area contributed by atoms with E-state index in [9.17, 15) is 9.90 Å². The molecule has 5 nitrogen and oxygen atoms in total. The number of carbonyl (C=O) groups is 1. The van der Waals surface area contributed by atoms with Crippen LogP contribution in [0.3, 0.4) is 0 Å². The van der Waals surface area contributed by atoms with E-state index in [1.807, 2.05) is 61.5 Å². The molecule has 5 rings (SSSR count). The van der Waals surface area contributed by atoms with E-state index in [0.29, 0.717) is 22.0 Å². The zero-order valence-electron chi connectivity index (χ0n) is 16.5. The van der Waals surface area contributed by atoms with Gasteiger partial charge in [-0.3, -0.25) is 9.80 Å². The summed E-state index contributed by atoms with van der Waals surface area (Å²) in [6.07, 6.45) is 0. The Kier molecular flexibility index (Phi) is 4.36. The Morgan fingerprint density at radius 3 is 2.17 bits per heavy atom. The van der Waals surface area contributed by atoms with Crippen molar-refractivity contribution in [2.45, 2.75) is 18.2 Å². The summed E-state index contributed by atoms with van der Waals surface area (Å²) in [6.45, 7) is 2.40. The Morgan fingerprint density at radius 1 is 0.900 bits per heavy atom. The van der Waals surface area contributed by atoms with Gasteiger partial charge in [0.05, 0.1) is 13.2 Å². The number of hydrogen-bond donors (Lipinski definition) is 1. The predicted octanol–water partition coefficient (Wildman–Crippen LogP) is 4.71. The van der Waals surface area contributed by atoms with Gasteiger partial charge in [0.1, 0.15) is 5.54 Å². The van der Waals surface area contributed by atoms with E-state index in [1.54, 1.807) is 29.2 Å². The first-order chi connectivity index (χ1) is 14.5. The number of urea groups is 1. The van der Waals surface area contributed by atoms with E-state index >= 15 is 0 Å². The summed E-state index contributed by atoms with van der Waals surface area (Å²) in [5.74, 6) is 0. The number of hydrogen-bond acceptors (Lipinski definition) is 3. The summed E-state index contributed by atoms with van der Waals surface area (Å²) in [5, 5.41) is 13.0. The fraction of sp³-hybridized carbons (Fsp3) is 0.208. The number of rotatable bonds is 3. The number of carbonyl (C=O) groups excluding carboxylic acids is 1. The molecule has 1 spiro atoms. The molecule has 3 aromatic carbocycles. The van der Waals surface area contributed by atoms with Gasteiger partial charge >= 0.3 is 6.03 Å². The number of amides is 2. The SMILES string of the molecule is Cc1cccc(C2(O)N(c3ccccc3)C(=O)N(c3ccc(Cl)cc3)C23COC3)c1. The van der Waals surface area contributed by atoms with Crippen LogP contribution in [0.2, 0.25) is 5.02 Å². The van der Waals surface area contributed by atoms with Gasteiger partial charge in [-0.25, -0.2) is 4.79 Å². The van der Waals surface area contributed by atoms with E-state index in [4.69, 9.17) is 16.3 Å². The van der Waals surface area contributed by atoms with Crippen molar-refractivity contribution in [2.24, 2.45) is 0 Å². The molecule has 0 aromatic heterocycles. The molecule has 2 fully saturated rings. The molecule has 2 heterocycles. The highest BCUT2D eigenvalue weighted by atomic mass is 35.5. The molecule has 6 heteroatoms. The van der Waals surface area contributed by atoms with Crippen LogP contribution in [0, 0.1) is 6.92 Å². The Balaban J connectivity index is 1.77. The first-order valence-corrected chi connectivity index (χ1v) is 10.2. The van der Waals surface area contributed by atoms with Crippen LogP contribution in [0.1, 0.15) is 11.1 Å². The average molecular weight is 421 g/mol. The Bertz CT molecular complexity index is 1100. The van der Waals surface area contributed by atoms with Gasteiger partial charge in [-0.15, -0.1) is 0 Å². The number of aliphatic hydroxyl groups is 1. The highest BCUT2D eigenvalue weighted by Gasteiger charge is 2.72. The molecule has 2 saturated heterocycles. The van der Waals surface area contributed by atoms with Crippen molar-refractivity contribution in [3.63, 3.8) is 0 Å². The number of nitrogens with zero attached hydrogens (tertiary/aromatic N) is 2. The van der Waals surface area contributed by atoms with Gasteiger partial charge in [0.2, 0.25) is 5.72 Å². The van der Waals surface area contributed by atoms with Crippen LogP contribution in [-0.4, -0.2) is 29.9 Å². The Morgan fingerprint density at radius 2 is 1.57 bits per heavy atom. The maximum absolute atomic E-state index is 13.9. The maximum atomic E-state index is 13.9. The lowest BCUT2D eigenvalue weighted by Crippen LogP contribution is -2.70. The first kappa shape index (κ1) is 19.1. The third-order valence-corrected chi connectivity index (χ3v) is 6.24. The van der Waals surface area contributed by atoms with Crippen molar-refractivity contribution >= 4 is 29.0 Å². The minimum absolute atomic E-state index is 0.217.